The molecule has 0 spiro atoms. The zero-order chi connectivity index (χ0) is 9.26. The quantitative estimate of drug-likeness (QED) is 0.748. The average Bonchev–Trinajstić information content (AvgIpc) is 2.82. The van der Waals surface area contributed by atoms with Crippen LogP contribution in [0.4, 0.5) is 0 Å². The standard InChI is InChI=1S/C11H18N2/c1-9(2)12-8-11-4-3-7-13(11)10-5-6-10/h3-4,7,9-10,12H,5-6,8H2,1-2H3. The van der Waals surface area contributed by atoms with Gasteiger partial charge in [0.15, 0.2) is 0 Å². The van der Waals surface area contributed by atoms with E-state index in [1.807, 2.05) is 0 Å². The fourth-order valence-electron chi connectivity index (χ4n) is 1.60. The van der Waals surface area contributed by atoms with Crippen LogP contribution >= 0.6 is 0 Å². The fourth-order valence-corrected chi connectivity index (χ4v) is 1.60. The van der Waals surface area contributed by atoms with Gasteiger partial charge in [-0.3, -0.25) is 0 Å². The first kappa shape index (κ1) is 8.82. The molecule has 0 aromatic carbocycles. The second-order valence-corrected chi connectivity index (χ2v) is 4.17. The molecule has 0 aliphatic heterocycles. The molecular weight excluding hydrogens is 160 g/mol. The molecule has 1 aliphatic rings. The first-order valence-corrected chi connectivity index (χ1v) is 5.16. The maximum atomic E-state index is 3.45. The molecule has 1 N–H and O–H groups in total. The topological polar surface area (TPSA) is 17.0 Å². The monoisotopic (exact) mass is 178 g/mol. The van der Waals surface area contributed by atoms with Crippen molar-refractivity contribution in [3.05, 3.63) is 24.0 Å². The average molecular weight is 178 g/mol. The lowest BCUT2D eigenvalue weighted by Gasteiger charge is -2.11. The van der Waals surface area contributed by atoms with Crippen molar-refractivity contribution in [3.8, 4) is 0 Å². The van der Waals surface area contributed by atoms with E-state index < -0.39 is 0 Å². The molecule has 1 aliphatic carbocycles. The summed E-state index contributed by atoms with van der Waals surface area (Å²) in [7, 11) is 0. The molecule has 1 aromatic heterocycles. The molecule has 0 radical (unpaired) electrons. The highest BCUT2D eigenvalue weighted by molar-refractivity contribution is 5.10. The van der Waals surface area contributed by atoms with Crippen LogP contribution in [0.5, 0.6) is 0 Å². The summed E-state index contributed by atoms with van der Waals surface area (Å²) in [6.07, 6.45) is 4.93. The van der Waals surface area contributed by atoms with E-state index in [0.29, 0.717) is 6.04 Å². The maximum Gasteiger partial charge on any atom is 0.0361 e. The van der Waals surface area contributed by atoms with Gasteiger partial charge in [-0.25, -0.2) is 0 Å². The summed E-state index contributed by atoms with van der Waals surface area (Å²) in [6.45, 7) is 5.37. The van der Waals surface area contributed by atoms with Gasteiger partial charge in [-0.1, -0.05) is 13.8 Å². The molecule has 13 heavy (non-hydrogen) atoms. The smallest absolute Gasteiger partial charge is 0.0361 e. The molecule has 0 saturated heterocycles. The van der Waals surface area contributed by atoms with Crippen LogP contribution in [0.2, 0.25) is 0 Å². The van der Waals surface area contributed by atoms with E-state index in [9.17, 15) is 0 Å². The predicted octanol–water partition coefficient (Wildman–Crippen LogP) is 2.32. The Morgan fingerprint density at radius 3 is 2.92 bits per heavy atom. The van der Waals surface area contributed by atoms with Crippen LogP contribution in [0.3, 0.4) is 0 Å². The molecule has 2 nitrogen and oxygen atoms in total. The van der Waals surface area contributed by atoms with E-state index >= 15 is 0 Å². The second-order valence-electron chi connectivity index (χ2n) is 4.17. The van der Waals surface area contributed by atoms with Crippen LogP contribution in [0, 0.1) is 0 Å². The van der Waals surface area contributed by atoms with Crippen LogP contribution in [-0.2, 0) is 6.54 Å². The molecule has 0 unspecified atom stereocenters. The van der Waals surface area contributed by atoms with Gasteiger partial charge in [0.25, 0.3) is 0 Å². The maximum absolute atomic E-state index is 3.45. The summed E-state index contributed by atoms with van der Waals surface area (Å²) in [6, 6.07) is 5.74. The lowest BCUT2D eigenvalue weighted by atomic mass is 10.3. The van der Waals surface area contributed by atoms with Gasteiger partial charge in [0.1, 0.15) is 0 Å². The van der Waals surface area contributed by atoms with Crippen molar-refractivity contribution in [3.63, 3.8) is 0 Å². The molecular formula is C11H18N2. The Bertz CT molecular complexity index is 271. The summed E-state index contributed by atoms with van der Waals surface area (Å²) < 4.78 is 2.41. The van der Waals surface area contributed by atoms with Gasteiger partial charge >= 0.3 is 0 Å². The Labute approximate surface area is 79.9 Å². The van der Waals surface area contributed by atoms with Gasteiger partial charge in [0, 0.05) is 30.5 Å². The lowest BCUT2D eigenvalue weighted by molar-refractivity contribution is 0.558. The van der Waals surface area contributed by atoms with Crippen molar-refractivity contribution in [2.45, 2.75) is 45.3 Å². The van der Waals surface area contributed by atoms with Gasteiger partial charge in [0.2, 0.25) is 0 Å². The molecule has 0 bridgehead atoms. The number of rotatable bonds is 4. The van der Waals surface area contributed by atoms with Crippen LogP contribution in [-0.4, -0.2) is 10.6 Å². The minimum absolute atomic E-state index is 0.572. The summed E-state index contributed by atoms with van der Waals surface area (Å²) in [5.74, 6) is 0. The molecule has 2 rings (SSSR count). The van der Waals surface area contributed by atoms with E-state index in [0.717, 1.165) is 12.6 Å². The van der Waals surface area contributed by atoms with Crippen molar-refractivity contribution in [2.75, 3.05) is 0 Å². The summed E-state index contributed by atoms with van der Waals surface area (Å²) >= 11 is 0. The van der Waals surface area contributed by atoms with Crippen molar-refractivity contribution in [2.24, 2.45) is 0 Å². The Hall–Kier alpha value is -0.760. The lowest BCUT2D eigenvalue weighted by Crippen LogP contribution is -2.23. The van der Waals surface area contributed by atoms with E-state index in [2.05, 4.69) is 42.1 Å². The number of nitrogens with one attached hydrogen (secondary N) is 1. The Morgan fingerprint density at radius 2 is 2.31 bits per heavy atom. The molecule has 2 heteroatoms. The number of hydrogen-bond donors (Lipinski definition) is 1. The van der Waals surface area contributed by atoms with Gasteiger partial charge in [0.05, 0.1) is 0 Å². The minimum atomic E-state index is 0.572. The fraction of sp³-hybridized carbons (Fsp3) is 0.636. The Kier molecular flexibility index (Phi) is 2.40. The molecule has 0 amide bonds. The Morgan fingerprint density at radius 1 is 1.54 bits per heavy atom. The van der Waals surface area contributed by atoms with Crippen molar-refractivity contribution in [1.82, 2.24) is 9.88 Å². The second kappa shape index (κ2) is 3.54. The van der Waals surface area contributed by atoms with Gasteiger partial charge < -0.3 is 9.88 Å². The van der Waals surface area contributed by atoms with Gasteiger partial charge in [-0.15, -0.1) is 0 Å². The highest BCUT2D eigenvalue weighted by Gasteiger charge is 2.24. The van der Waals surface area contributed by atoms with E-state index in [1.165, 1.54) is 18.5 Å². The van der Waals surface area contributed by atoms with Crippen molar-refractivity contribution < 1.29 is 0 Å². The summed E-state index contributed by atoms with van der Waals surface area (Å²) in [5.41, 5.74) is 1.43. The van der Waals surface area contributed by atoms with Crippen LogP contribution in [0.1, 0.15) is 38.4 Å². The third kappa shape index (κ3) is 2.13. The van der Waals surface area contributed by atoms with Gasteiger partial charge in [-0.05, 0) is 25.0 Å². The van der Waals surface area contributed by atoms with E-state index in [4.69, 9.17) is 0 Å². The summed E-state index contributed by atoms with van der Waals surface area (Å²) in [4.78, 5) is 0. The van der Waals surface area contributed by atoms with Crippen molar-refractivity contribution >= 4 is 0 Å². The SMILES string of the molecule is CC(C)NCc1cccn1C1CC1. The molecule has 72 valence electrons. The van der Waals surface area contributed by atoms with E-state index in [-0.39, 0.29) is 0 Å². The largest absolute Gasteiger partial charge is 0.347 e. The first-order valence-electron chi connectivity index (χ1n) is 5.16. The summed E-state index contributed by atoms with van der Waals surface area (Å²) in [5, 5.41) is 3.45. The Balaban J connectivity index is 1.98. The number of nitrogens with zero attached hydrogens (tertiary/aromatic N) is 1. The van der Waals surface area contributed by atoms with Crippen molar-refractivity contribution in [1.29, 1.82) is 0 Å². The highest BCUT2D eigenvalue weighted by atomic mass is 15.1. The first-order chi connectivity index (χ1) is 6.27. The molecule has 1 aromatic rings. The number of aromatic nitrogens is 1. The number of hydrogen-bond acceptors (Lipinski definition) is 1. The zero-order valence-corrected chi connectivity index (χ0v) is 8.46. The van der Waals surface area contributed by atoms with E-state index in [1.54, 1.807) is 0 Å². The van der Waals surface area contributed by atoms with Crippen LogP contribution in [0.15, 0.2) is 18.3 Å². The molecule has 1 fully saturated rings. The zero-order valence-electron chi connectivity index (χ0n) is 8.46. The highest BCUT2D eigenvalue weighted by Crippen LogP contribution is 2.35. The predicted molar refractivity (Wildman–Crippen MR) is 54.7 cm³/mol. The third-order valence-electron chi connectivity index (χ3n) is 2.50. The minimum Gasteiger partial charge on any atom is -0.347 e. The van der Waals surface area contributed by atoms with Gasteiger partial charge in [-0.2, -0.15) is 0 Å². The molecule has 1 heterocycles. The normalized spacial score (nSPS) is 16.8. The van der Waals surface area contributed by atoms with Crippen LogP contribution < -0.4 is 5.32 Å². The third-order valence-corrected chi connectivity index (χ3v) is 2.50. The van der Waals surface area contributed by atoms with Crippen LogP contribution in [0.25, 0.3) is 0 Å². The molecule has 1 saturated carbocycles. The molecule has 0 atom stereocenters.